The summed E-state index contributed by atoms with van der Waals surface area (Å²) in [4.78, 5) is 28.5. The van der Waals surface area contributed by atoms with Gasteiger partial charge in [-0.25, -0.2) is 9.97 Å². The van der Waals surface area contributed by atoms with Gasteiger partial charge in [-0.3, -0.25) is 4.79 Å². The molecule has 0 bridgehead atoms. The van der Waals surface area contributed by atoms with Crippen LogP contribution in [-0.2, 0) is 17.9 Å². The number of aromatic nitrogens is 7. The molecule has 13 heteroatoms. The van der Waals surface area contributed by atoms with Crippen LogP contribution < -0.4 is 10.1 Å². The van der Waals surface area contributed by atoms with Crippen molar-refractivity contribution < 1.29 is 18.3 Å². The summed E-state index contributed by atoms with van der Waals surface area (Å²) in [6.07, 6.45) is 6.70. The van der Waals surface area contributed by atoms with E-state index in [0.717, 1.165) is 43.7 Å². The topological polar surface area (TPSA) is 116 Å². The maximum absolute atomic E-state index is 13.2. The van der Waals surface area contributed by atoms with Crippen molar-refractivity contribution >= 4 is 22.9 Å². The van der Waals surface area contributed by atoms with Gasteiger partial charge in [0, 0.05) is 49.2 Å². The van der Waals surface area contributed by atoms with E-state index in [1.807, 2.05) is 18.0 Å². The number of fused-ring (bicyclic) bond motifs is 2. The number of ether oxygens (including phenoxy) is 1. The molecule has 1 fully saturated rings. The quantitative estimate of drug-likeness (QED) is 0.409. The Kier molecular flexibility index (Phi) is 6.34. The number of imidazole rings is 1. The zero-order valence-electron chi connectivity index (χ0n) is 20.8. The molecule has 2 aliphatic rings. The second-order valence-corrected chi connectivity index (χ2v) is 9.66. The summed E-state index contributed by atoms with van der Waals surface area (Å²) in [6, 6.07) is 6.52. The fourth-order valence-corrected chi connectivity index (χ4v) is 5.34. The fraction of sp³-hybridized carbons (Fsp3) is 0.440. The third kappa shape index (κ3) is 4.63. The lowest BCUT2D eigenvalue weighted by Crippen LogP contribution is -2.43. The van der Waals surface area contributed by atoms with Crippen molar-refractivity contribution in [3.05, 3.63) is 48.2 Å². The van der Waals surface area contributed by atoms with Crippen LogP contribution in [0.25, 0.3) is 16.9 Å². The Morgan fingerprint density at radius 2 is 1.97 bits per heavy atom. The second-order valence-electron chi connectivity index (χ2n) is 9.66. The minimum Gasteiger partial charge on any atom is -0.432 e. The SMILES string of the molecule is Cc1cnc2n1CCN(C(=O)C1CCC(Nc3nccc(-n4nnc5c(OC(F)F)cccc54)n3)CC1)C2. The molecule has 1 N–H and O–H groups in total. The first kappa shape index (κ1) is 24.2. The molecule has 1 saturated carbocycles. The third-order valence-corrected chi connectivity index (χ3v) is 7.30. The van der Waals surface area contributed by atoms with E-state index in [1.54, 1.807) is 24.4 Å². The number of hydrogen-bond donors (Lipinski definition) is 1. The second kappa shape index (κ2) is 9.95. The zero-order chi connectivity index (χ0) is 26.2. The van der Waals surface area contributed by atoms with Crippen molar-refractivity contribution in [1.29, 1.82) is 0 Å². The van der Waals surface area contributed by atoms with E-state index in [9.17, 15) is 13.6 Å². The van der Waals surface area contributed by atoms with Gasteiger partial charge in [0.05, 0.1) is 6.54 Å². The molecule has 0 atom stereocenters. The van der Waals surface area contributed by atoms with Crippen molar-refractivity contribution in [3.8, 4) is 11.6 Å². The summed E-state index contributed by atoms with van der Waals surface area (Å²) < 4.78 is 33.7. The highest BCUT2D eigenvalue weighted by atomic mass is 19.3. The standard InChI is InChI=1S/C25H27F2N9O2/c1-15-13-29-21-14-34(11-12-35(15)21)23(37)16-5-7-17(8-6-16)30-25-28-10-9-20(31-25)36-18-3-2-4-19(38-24(26)27)22(18)32-33-36/h2-4,9-10,13,16-17,24H,5-8,11-12,14H2,1H3,(H,28,30,31). The van der Waals surface area contributed by atoms with Gasteiger partial charge in [-0.2, -0.15) is 18.4 Å². The Bertz CT molecular complexity index is 1460. The monoisotopic (exact) mass is 523 g/mol. The van der Waals surface area contributed by atoms with Crippen LogP contribution in [0.15, 0.2) is 36.7 Å². The molecule has 11 nitrogen and oxygen atoms in total. The first-order chi connectivity index (χ1) is 18.5. The number of nitrogens with zero attached hydrogens (tertiary/aromatic N) is 8. The highest BCUT2D eigenvalue weighted by Gasteiger charge is 2.32. The Morgan fingerprint density at radius 3 is 2.79 bits per heavy atom. The van der Waals surface area contributed by atoms with E-state index in [4.69, 9.17) is 0 Å². The molecule has 0 spiro atoms. The molecular weight excluding hydrogens is 496 g/mol. The van der Waals surface area contributed by atoms with Crippen LogP contribution in [0.3, 0.4) is 0 Å². The zero-order valence-corrected chi connectivity index (χ0v) is 20.8. The number of anilines is 1. The molecule has 1 aromatic carbocycles. The van der Waals surface area contributed by atoms with E-state index < -0.39 is 6.61 Å². The van der Waals surface area contributed by atoms with Crippen molar-refractivity contribution in [2.75, 3.05) is 11.9 Å². The lowest BCUT2D eigenvalue weighted by atomic mass is 9.85. The number of amides is 1. The van der Waals surface area contributed by atoms with Gasteiger partial charge >= 0.3 is 6.61 Å². The summed E-state index contributed by atoms with van der Waals surface area (Å²) in [5.74, 6) is 2.00. The largest absolute Gasteiger partial charge is 0.432 e. The highest BCUT2D eigenvalue weighted by Crippen LogP contribution is 2.30. The number of rotatable bonds is 6. The molecule has 3 aromatic heterocycles. The number of hydrogen-bond acceptors (Lipinski definition) is 8. The minimum absolute atomic E-state index is 0.00841. The summed E-state index contributed by atoms with van der Waals surface area (Å²) in [5, 5.41) is 11.5. The molecule has 38 heavy (non-hydrogen) atoms. The molecule has 4 aromatic rings. The van der Waals surface area contributed by atoms with Gasteiger partial charge in [-0.15, -0.1) is 5.10 Å². The molecule has 1 aliphatic heterocycles. The van der Waals surface area contributed by atoms with Crippen LogP contribution in [0, 0.1) is 12.8 Å². The lowest BCUT2D eigenvalue weighted by Gasteiger charge is -2.34. The predicted molar refractivity (Wildman–Crippen MR) is 133 cm³/mol. The third-order valence-electron chi connectivity index (χ3n) is 7.30. The molecular formula is C25H27F2N9O2. The van der Waals surface area contributed by atoms with Crippen molar-refractivity contribution in [2.24, 2.45) is 5.92 Å². The maximum atomic E-state index is 13.2. The summed E-state index contributed by atoms with van der Waals surface area (Å²) in [5.41, 5.74) is 1.84. The Morgan fingerprint density at radius 1 is 1.13 bits per heavy atom. The summed E-state index contributed by atoms with van der Waals surface area (Å²) >= 11 is 0. The molecule has 198 valence electrons. The fourth-order valence-electron chi connectivity index (χ4n) is 5.34. The number of halogens is 2. The van der Waals surface area contributed by atoms with Gasteiger partial charge in [0.1, 0.15) is 11.3 Å². The predicted octanol–water partition coefficient (Wildman–Crippen LogP) is 3.33. The van der Waals surface area contributed by atoms with E-state index in [2.05, 4.69) is 39.9 Å². The molecule has 4 heterocycles. The van der Waals surface area contributed by atoms with Gasteiger partial charge in [-0.05, 0) is 44.7 Å². The average Bonchev–Trinajstić information content (AvgIpc) is 3.53. The highest BCUT2D eigenvalue weighted by molar-refractivity contribution is 5.82. The number of aryl methyl sites for hydroxylation is 1. The van der Waals surface area contributed by atoms with E-state index in [-0.39, 0.29) is 29.1 Å². The molecule has 0 unspecified atom stereocenters. The first-order valence-corrected chi connectivity index (χ1v) is 12.7. The number of benzene rings is 1. The number of carbonyl (C=O) groups is 1. The molecule has 1 aliphatic carbocycles. The molecule has 0 saturated heterocycles. The maximum Gasteiger partial charge on any atom is 0.387 e. The van der Waals surface area contributed by atoms with Crippen LogP contribution in [0.2, 0.25) is 0 Å². The van der Waals surface area contributed by atoms with Crippen LogP contribution >= 0.6 is 0 Å². The van der Waals surface area contributed by atoms with Gasteiger partial charge in [0.2, 0.25) is 11.9 Å². The average molecular weight is 524 g/mol. The summed E-state index contributed by atoms with van der Waals surface area (Å²) in [6.45, 7) is 1.16. The van der Waals surface area contributed by atoms with Crippen molar-refractivity contribution in [1.82, 2.24) is 39.4 Å². The van der Waals surface area contributed by atoms with Gasteiger partial charge in [0.15, 0.2) is 17.1 Å². The summed E-state index contributed by atoms with van der Waals surface area (Å²) in [7, 11) is 0. The Labute approximate surface area is 216 Å². The van der Waals surface area contributed by atoms with Gasteiger partial charge in [0.25, 0.3) is 0 Å². The van der Waals surface area contributed by atoms with Gasteiger partial charge in [-0.1, -0.05) is 11.3 Å². The Hall–Kier alpha value is -4.16. The van der Waals surface area contributed by atoms with E-state index >= 15 is 0 Å². The smallest absolute Gasteiger partial charge is 0.387 e. The lowest BCUT2D eigenvalue weighted by molar-refractivity contribution is -0.138. The number of carbonyl (C=O) groups excluding carboxylic acids is 1. The van der Waals surface area contributed by atoms with Crippen molar-refractivity contribution in [2.45, 2.75) is 58.3 Å². The van der Waals surface area contributed by atoms with E-state index in [1.165, 1.54) is 10.7 Å². The van der Waals surface area contributed by atoms with Crippen LogP contribution in [0.1, 0.15) is 37.2 Å². The Balaban J connectivity index is 1.09. The number of nitrogens with one attached hydrogen (secondary N) is 1. The van der Waals surface area contributed by atoms with Gasteiger partial charge < -0.3 is 19.5 Å². The van der Waals surface area contributed by atoms with Crippen LogP contribution in [0.4, 0.5) is 14.7 Å². The van der Waals surface area contributed by atoms with Crippen LogP contribution in [0.5, 0.6) is 5.75 Å². The molecule has 0 radical (unpaired) electrons. The first-order valence-electron chi connectivity index (χ1n) is 12.7. The normalized spacial score (nSPS) is 19.5. The van der Waals surface area contributed by atoms with E-state index in [0.29, 0.717) is 30.4 Å². The number of alkyl halides is 2. The van der Waals surface area contributed by atoms with Crippen LogP contribution in [-0.4, -0.2) is 64.5 Å². The molecule has 6 rings (SSSR count). The molecule has 1 amide bonds. The van der Waals surface area contributed by atoms with Crippen molar-refractivity contribution in [3.63, 3.8) is 0 Å². The minimum atomic E-state index is -2.96.